The maximum Gasteiger partial charge on any atom is 0.353 e. The minimum atomic E-state index is -1.12. The Bertz CT molecular complexity index is 791. The predicted molar refractivity (Wildman–Crippen MR) is 96.7 cm³/mol. The van der Waals surface area contributed by atoms with Gasteiger partial charge in [0.25, 0.3) is 0 Å². The summed E-state index contributed by atoms with van der Waals surface area (Å²) in [4.78, 5) is 22.1. The molecule has 1 aliphatic heterocycles. The first kappa shape index (κ1) is 18.1. The Morgan fingerprint density at radius 2 is 2.00 bits per heavy atom. The molecule has 6 heteroatoms. The number of pyridine rings is 1. The highest BCUT2D eigenvalue weighted by Crippen LogP contribution is 2.30. The van der Waals surface area contributed by atoms with Crippen LogP contribution in [0.15, 0.2) is 53.8 Å². The third-order valence-electron chi connectivity index (χ3n) is 4.23. The van der Waals surface area contributed by atoms with E-state index in [4.69, 9.17) is 14.3 Å². The summed E-state index contributed by atoms with van der Waals surface area (Å²) < 4.78 is 10.7. The Balaban J connectivity index is 1.60. The number of hydrogen-bond acceptors (Lipinski definition) is 6. The van der Waals surface area contributed by atoms with Gasteiger partial charge in [-0.05, 0) is 30.2 Å². The van der Waals surface area contributed by atoms with Gasteiger partial charge in [-0.25, -0.2) is 4.79 Å². The first-order chi connectivity index (χ1) is 12.6. The maximum absolute atomic E-state index is 12.4. The Morgan fingerprint density at radius 1 is 1.19 bits per heavy atom. The lowest BCUT2D eigenvalue weighted by atomic mass is 9.90. The Kier molecular flexibility index (Phi) is 5.63. The van der Waals surface area contributed by atoms with Crippen LogP contribution in [0.1, 0.15) is 23.2 Å². The second kappa shape index (κ2) is 8.10. The van der Waals surface area contributed by atoms with Gasteiger partial charge >= 0.3 is 5.97 Å². The van der Waals surface area contributed by atoms with Gasteiger partial charge in [0.05, 0.1) is 26.0 Å². The molecule has 0 radical (unpaired) electrons. The summed E-state index contributed by atoms with van der Waals surface area (Å²) in [6.45, 7) is 2.69. The van der Waals surface area contributed by atoms with Crippen LogP contribution in [0.3, 0.4) is 0 Å². The third kappa shape index (κ3) is 4.26. The van der Waals surface area contributed by atoms with Crippen LogP contribution in [-0.2, 0) is 32.1 Å². The molecule has 0 aliphatic carbocycles. The van der Waals surface area contributed by atoms with E-state index in [1.165, 1.54) is 7.11 Å². The topological polar surface area (TPSA) is 70.0 Å². The Morgan fingerprint density at radius 3 is 2.73 bits per heavy atom. The summed E-state index contributed by atoms with van der Waals surface area (Å²) in [5, 5.41) is 4.08. The lowest BCUT2D eigenvalue weighted by Gasteiger charge is -2.23. The minimum absolute atomic E-state index is 0.301. The van der Waals surface area contributed by atoms with Crippen molar-refractivity contribution in [2.24, 2.45) is 5.16 Å². The fourth-order valence-electron chi connectivity index (χ4n) is 2.99. The lowest BCUT2D eigenvalue weighted by Crippen LogP contribution is -2.42. The molecule has 0 amide bonds. The molecule has 2 heterocycles. The monoisotopic (exact) mass is 354 g/mol. The standard InChI is InChI=1S/C20H22N2O4/c1-15-10-17(8-9-21-15)13-25-14-18-12-20(26-22-18,19(23)24-2)11-16-6-4-3-5-7-16/h3-10H,11-14H2,1-2H3. The molecule has 26 heavy (non-hydrogen) atoms. The molecule has 0 spiro atoms. The summed E-state index contributed by atoms with van der Waals surface area (Å²) >= 11 is 0. The number of hydrogen-bond donors (Lipinski definition) is 0. The normalized spacial score (nSPS) is 18.9. The van der Waals surface area contributed by atoms with Crippen LogP contribution in [0.4, 0.5) is 0 Å². The molecule has 1 atom stereocenters. The summed E-state index contributed by atoms with van der Waals surface area (Å²) in [5.41, 5.74) is 2.54. The van der Waals surface area contributed by atoms with Gasteiger partial charge in [-0.3, -0.25) is 4.98 Å². The van der Waals surface area contributed by atoms with Crippen LogP contribution < -0.4 is 0 Å². The van der Waals surface area contributed by atoms with Crippen molar-refractivity contribution in [3.05, 3.63) is 65.5 Å². The highest BCUT2D eigenvalue weighted by molar-refractivity contribution is 5.94. The molecular weight excluding hydrogens is 332 g/mol. The highest BCUT2D eigenvalue weighted by atomic mass is 16.7. The van der Waals surface area contributed by atoms with E-state index in [0.29, 0.717) is 31.8 Å². The largest absolute Gasteiger partial charge is 0.466 e. The van der Waals surface area contributed by atoms with Crippen molar-refractivity contribution in [1.82, 2.24) is 4.98 Å². The SMILES string of the molecule is COC(=O)C1(Cc2ccccc2)CC(COCc2ccnc(C)c2)=NO1. The van der Waals surface area contributed by atoms with Crippen molar-refractivity contribution < 1.29 is 19.1 Å². The number of oxime groups is 1. The molecule has 1 aromatic carbocycles. The van der Waals surface area contributed by atoms with Gasteiger partial charge in [0.2, 0.25) is 5.60 Å². The number of aryl methyl sites for hydroxylation is 1. The van der Waals surface area contributed by atoms with E-state index < -0.39 is 11.6 Å². The fourth-order valence-corrected chi connectivity index (χ4v) is 2.99. The van der Waals surface area contributed by atoms with Crippen molar-refractivity contribution in [2.45, 2.75) is 32.0 Å². The quantitative estimate of drug-likeness (QED) is 0.715. The molecule has 1 unspecified atom stereocenters. The number of rotatable bonds is 7. The summed E-state index contributed by atoms with van der Waals surface area (Å²) in [5.74, 6) is -0.426. The van der Waals surface area contributed by atoms with Gasteiger partial charge in [0.15, 0.2) is 0 Å². The van der Waals surface area contributed by atoms with Crippen LogP contribution >= 0.6 is 0 Å². The number of carbonyl (C=O) groups excluding carboxylic acids is 1. The van der Waals surface area contributed by atoms with Crippen LogP contribution in [0, 0.1) is 6.92 Å². The van der Waals surface area contributed by atoms with Crippen molar-refractivity contribution in [3.8, 4) is 0 Å². The van der Waals surface area contributed by atoms with Crippen molar-refractivity contribution >= 4 is 11.7 Å². The maximum atomic E-state index is 12.4. The summed E-state index contributed by atoms with van der Waals surface area (Å²) in [6.07, 6.45) is 2.51. The summed E-state index contributed by atoms with van der Waals surface area (Å²) in [7, 11) is 1.36. The zero-order chi connectivity index (χ0) is 18.4. The molecule has 0 fully saturated rings. The molecule has 0 saturated carbocycles. The van der Waals surface area contributed by atoms with Crippen molar-refractivity contribution in [1.29, 1.82) is 0 Å². The second-order valence-electron chi connectivity index (χ2n) is 6.37. The first-order valence-electron chi connectivity index (χ1n) is 8.47. The van der Waals surface area contributed by atoms with E-state index in [1.54, 1.807) is 6.20 Å². The van der Waals surface area contributed by atoms with Gasteiger partial charge in [-0.2, -0.15) is 0 Å². The highest BCUT2D eigenvalue weighted by Gasteiger charge is 2.47. The molecule has 136 valence electrons. The van der Waals surface area contributed by atoms with Crippen LogP contribution in [0.2, 0.25) is 0 Å². The number of carbonyl (C=O) groups is 1. The minimum Gasteiger partial charge on any atom is -0.466 e. The van der Waals surface area contributed by atoms with E-state index in [-0.39, 0.29) is 0 Å². The average Bonchev–Trinajstić information content (AvgIpc) is 3.06. The van der Waals surface area contributed by atoms with Gasteiger partial charge in [0.1, 0.15) is 0 Å². The Labute approximate surface area is 152 Å². The summed E-state index contributed by atoms with van der Waals surface area (Å²) in [6, 6.07) is 13.6. The van der Waals surface area contributed by atoms with E-state index >= 15 is 0 Å². The third-order valence-corrected chi connectivity index (χ3v) is 4.23. The number of methoxy groups -OCH3 is 1. The molecule has 0 N–H and O–H groups in total. The number of aromatic nitrogens is 1. The number of esters is 1. The molecule has 6 nitrogen and oxygen atoms in total. The van der Waals surface area contributed by atoms with E-state index in [2.05, 4.69) is 10.1 Å². The van der Waals surface area contributed by atoms with Gasteiger partial charge in [-0.1, -0.05) is 35.5 Å². The number of benzene rings is 1. The van der Waals surface area contributed by atoms with Crippen LogP contribution in [0.5, 0.6) is 0 Å². The zero-order valence-corrected chi connectivity index (χ0v) is 15.0. The van der Waals surface area contributed by atoms with E-state index in [0.717, 1.165) is 16.8 Å². The smallest absolute Gasteiger partial charge is 0.353 e. The van der Waals surface area contributed by atoms with E-state index in [1.807, 2.05) is 49.4 Å². The fraction of sp³-hybridized carbons (Fsp3) is 0.350. The van der Waals surface area contributed by atoms with Crippen LogP contribution in [-0.4, -0.2) is 36.0 Å². The zero-order valence-electron chi connectivity index (χ0n) is 15.0. The molecular formula is C20H22N2O4. The van der Waals surface area contributed by atoms with E-state index in [9.17, 15) is 4.79 Å². The Hall–Kier alpha value is -2.73. The molecule has 3 rings (SSSR count). The van der Waals surface area contributed by atoms with Crippen molar-refractivity contribution in [2.75, 3.05) is 13.7 Å². The molecule has 2 aromatic rings. The van der Waals surface area contributed by atoms with Gasteiger partial charge in [-0.15, -0.1) is 0 Å². The van der Waals surface area contributed by atoms with Gasteiger partial charge in [0, 0.05) is 24.7 Å². The number of nitrogens with zero attached hydrogens (tertiary/aromatic N) is 2. The molecule has 1 aromatic heterocycles. The molecule has 0 bridgehead atoms. The average molecular weight is 354 g/mol. The van der Waals surface area contributed by atoms with Crippen molar-refractivity contribution in [3.63, 3.8) is 0 Å². The molecule has 0 saturated heterocycles. The molecule has 1 aliphatic rings. The lowest BCUT2D eigenvalue weighted by molar-refractivity contribution is -0.166. The van der Waals surface area contributed by atoms with Crippen LogP contribution in [0.25, 0.3) is 0 Å². The van der Waals surface area contributed by atoms with Gasteiger partial charge < -0.3 is 14.3 Å². The number of ether oxygens (including phenoxy) is 2. The predicted octanol–water partition coefficient (Wildman–Crippen LogP) is 2.84. The first-order valence-corrected chi connectivity index (χ1v) is 8.47. The second-order valence-corrected chi connectivity index (χ2v) is 6.37.